The molecule has 0 saturated heterocycles. The summed E-state index contributed by atoms with van der Waals surface area (Å²) in [5, 5.41) is 12.2. The van der Waals surface area contributed by atoms with Crippen LogP contribution in [0.2, 0.25) is 0 Å². The van der Waals surface area contributed by atoms with Gasteiger partial charge in [-0.05, 0) is 31.5 Å². The van der Waals surface area contributed by atoms with Crippen LogP contribution in [0.5, 0.6) is 0 Å². The second-order valence-electron chi connectivity index (χ2n) is 4.86. The third-order valence-corrected chi connectivity index (χ3v) is 3.38. The van der Waals surface area contributed by atoms with Crippen LogP contribution in [0, 0.1) is 0 Å². The van der Waals surface area contributed by atoms with Gasteiger partial charge < -0.3 is 10.4 Å². The Morgan fingerprint density at radius 3 is 2.95 bits per heavy atom. The summed E-state index contributed by atoms with van der Waals surface area (Å²) in [4.78, 5) is 17.4. The van der Waals surface area contributed by atoms with Crippen molar-refractivity contribution in [1.29, 1.82) is 0 Å². The van der Waals surface area contributed by atoms with Crippen molar-refractivity contribution in [2.75, 3.05) is 19.6 Å². The average Bonchev–Trinajstić information content (AvgIpc) is 3.23. The zero-order valence-corrected chi connectivity index (χ0v) is 11.3. The second-order valence-corrected chi connectivity index (χ2v) is 4.86. The van der Waals surface area contributed by atoms with Gasteiger partial charge in [-0.25, -0.2) is 9.78 Å². The number of hydrogen-bond donors (Lipinski definition) is 2. The van der Waals surface area contributed by atoms with Crippen LogP contribution in [0.25, 0.3) is 0 Å². The Labute approximate surface area is 113 Å². The Morgan fingerprint density at radius 1 is 1.53 bits per heavy atom. The van der Waals surface area contributed by atoms with E-state index in [0.717, 1.165) is 31.4 Å². The van der Waals surface area contributed by atoms with Gasteiger partial charge in [0.1, 0.15) is 5.69 Å². The number of carboxylic acids is 1. The summed E-state index contributed by atoms with van der Waals surface area (Å²) in [6.07, 6.45) is 2.66. The molecule has 1 heterocycles. The summed E-state index contributed by atoms with van der Waals surface area (Å²) in [6.45, 7) is 5.85. The predicted octanol–water partition coefficient (Wildman–Crippen LogP) is 1.35. The normalized spacial score (nSPS) is 14.8. The molecule has 2 rings (SSSR count). The van der Waals surface area contributed by atoms with Crippen LogP contribution in [0.3, 0.4) is 0 Å². The van der Waals surface area contributed by atoms with E-state index in [1.54, 1.807) is 6.07 Å². The molecule has 0 bridgehead atoms. The van der Waals surface area contributed by atoms with E-state index >= 15 is 0 Å². The van der Waals surface area contributed by atoms with Crippen molar-refractivity contribution < 1.29 is 9.90 Å². The van der Waals surface area contributed by atoms with E-state index in [2.05, 4.69) is 22.1 Å². The molecular weight excluding hydrogens is 242 g/mol. The van der Waals surface area contributed by atoms with Crippen molar-refractivity contribution in [2.45, 2.75) is 32.4 Å². The number of nitrogens with zero attached hydrogens (tertiary/aromatic N) is 2. The lowest BCUT2D eigenvalue weighted by atomic mass is 10.3. The molecule has 0 aromatic carbocycles. The molecule has 0 unspecified atom stereocenters. The van der Waals surface area contributed by atoms with Crippen molar-refractivity contribution in [2.24, 2.45) is 0 Å². The molecule has 0 atom stereocenters. The standard InChI is InChI=1S/C14H21N3O2/c1-2-17(12-6-7-12)9-8-15-10-11-4-3-5-13(16-11)14(18)19/h3-5,12,15H,2,6-10H2,1H3,(H,18,19). The Morgan fingerprint density at radius 2 is 2.32 bits per heavy atom. The Kier molecular flexibility index (Phi) is 4.87. The van der Waals surface area contributed by atoms with Gasteiger partial charge in [0.15, 0.2) is 0 Å². The first-order valence-corrected chi connectivity index (χ1v) is 6.84. The van der Waals surface area contributed by atoms with E-state index in [4.69, 9.17) is 5.11 Å². The number of pyridine rings is 1. The van der Waals surface area contributed by atoms with Gasteiger partial charge in [-0.2, -0.15) is 0 Å². The van der Waals surface area contributed by atoms with Crippen molar-refractivity contribution in [1.82, 2.24) is 15.2 Å². The first-order valence-electron chi connectivity index (χ1n) is 6.84. The van der Waals surface area contributed by atoms with Crippen molar-refractivity contribution in [3.63, 3.8) is 0 Å². The van der Waals surface area contributed by atoms with Crippen molar-refractivity contribution in [3.05, 3.63) is 29.6 Å². The van der Waals surface area contributed by atoms with Crippen molar-refractivity contribution >= 4 is 5.97 Å². The molecule has 0 radical (unpaired) electrons. The molecule has 1 aliphatic rings. The molecule has 1 aliphatic carbocycles. The molecule has 1 aromatic rings. The quantitative estimate of drug-likeness (QED) is 0.693. The van der Waals surface area contributed by atoms with Crippen LogP contribution in [0.15, 0.2) is 18.2 Å². The molecule has 1 saturated carbocycles. The number of nitrogens with one attached hydrogen (secondary N) is 1. The van der Waals surface area contributed by atoms with Gasteiger partial charge in [0.05, 0.1) is 5.69 Å². The topological polar surface area (TPSA) is 65.5 Å². The van der Waals surface area contributed by atoms with Crippen LogP contribution in [0.1, 0.15) is 35.9 Å². The minimum atomic E-state index is -0.979. The molecular formula is C14H21N3O2. The summed E-state index contributed by atoms with van der Waals surface area (Å²) >= 11 is 0. The van der Waals surface area contributed by atoms with Crippen LogP contribution in [0.4, 0.5) is 0 Å². The highest BCUT2D eigenvalue weighted by molar-refractivity contribution is 5.85. The first kappa shape index (κ1) is 14.0. The number of carbonyl (C=O) groups is 1. The van der Waals surface area contributed by atoms with E-state index in [-0.39, 0.29) is 5.69 Å². The largest absolute Gasteiger partial charge is 0.477 e. The Hall–Kier alpha value is -1.46. The molecule has 104 valence electrons. The zero-order chi connectivity index (χ0) is 13.7. The molecule has 5 heteroatoms. The SMILES string of the molecule is CCN(CCNCc1cccc(C(=O)O)n1)C1CC1. The van der Waals surface area contributed by atoms with E-state index in [9.17, 15) is 4.79 Å². The Bertz CT molecular complexity index is 432. The van der Waals surface area contributed by atoms with Crippen LogP contribution in [-0.2, 0) is 6.54 Å². The lowest BCUT2D eigenvalue weighted by Crippen LogP contribution is -2.33. The first-order chi connectivity index (χ1) is 9.20. The maximum absolute atomic E-state index is 10.8. The summed E-state index contributed by atoms with van der Waals surface area (Å²) < 4.78 is 0. The number of rotatable bonds is 8. The van der Waals surface area contributed by atoms with Crippen molar-refractivity contribution in [3.8, 4) is 0 Å². The molecule has 19 heavy (non-hydrogen) atoms. The van der Waals surface area contributed by atoms with E-state index < -0.39 is 5.97 Å². The lowest BCUT2D eigenvalue weighted by Gasteiger charge is -2.19. The number of aromatic carboxylic acids is 1. The Balaban J connectivity index is 1.73. The van der Waals surface area contributed by atoms with Gasteiger partial charge in [0, 0.05) is 25.7 Å². The highest BCUT2D eigenvalue weighted by Crippen LogP contribution is 2.25. The monoisotopic (exact) mass is 263 g/mol. The maximum atomic E-state index is 10.8. The zero-order valence-electron chi connectivity index (χ0n) is 11.3. The summed E-state index contributed by atoms with van der Waals surface area (Å²) in [7, 11) is 0. The summed E-state index contributed by atoms with van der Waals surface area (Å²) in [5.41, 5.74) is 0.877. The number of hydrogen-bond acceptors (Lipinski definition) is 4. The number of carboxylic acid groups (broad SMARTS) is 1. The molecule has 0 amide bonds. The summed E-state index contributed by atoms with van der Waals surface area (Å²) in [6, 6.07) is 5.88. The van der Waals surface area contributed by atoms with Gasteiger partial charge in [0.2, 0.25) is 0 Å². The van der Waals surface area contributed by atoms with E-state index in [1.807, 2.05) is 6.07 Å². The minimum Gasteiger partial charge on any atom is -0.477 e. The van der Waals surface area contributed by atoms with Crippen LogP contribution in [-0.4, -0.2) is 46.6 Å². The van der Waals surface area contributed by atoms with Crippen LogP contribution >= 0.6 is 0 Å². The molecule has 0 spiro atoms. The van der Waals surface area contributed by atoms with Gasteiger partial charge in [0.25, 0.3) is 0 Å². The molecule has 1 aromatic heterocycles. The average molecular weight is 263 g/mol. The molecule has 2 N–H and O–H groups in total. The highest BCUT2D eigenvalue weighted by atomic mass is 16.4. The smallest absolute Gasteiger partial charge is 0.354 e. The second kappa shape index (κ2) is 6.63. The predicted molar refractivity (Wildman–Crippen MR) is 73.2 cm³/mol. The minimum absolute atomic E-state index is 0.104. The van der Waals surface area contributed by atoms with Gasteiger partial charge in [-0.1, -0.05) is 13.0 Å². The number of aromatic nitrogens is 1. The van der Waals surface area contributed by atoms with E-state index in [0.29, 0.717) is 6.54 Å². The van der Waals surface area contributed by atoms with Gasteiger partial charge >= 0.3 is 5.97 Å². The summed E-state index contributed by atoms with van der Waals surface area (Å²) in [5.74, 6) is -0.979. The fourth-order valence-corrected chi connectivity index (χ4v) is 2.17. The van der Waals surface area contributed by atoms with Crippen LogP contribution < -0.4 is 5.32 Å². The van der Waals surface area contributed by atoms with E-state index in [1.165, 1.54) is 18.9 Å². The fraction of sp³-hybridized carbons (Fsp3) is 0.571. The maximum Gasteiger partial charge on any atom is 0.354 e. The molecule has 5 nitrogen and oxygen atoms in total. The third-order valence-electron chi connectivity index (χ3n) is 3.38. The fourth-order valence-electron chi connectivity index (χ4n) is 2.17. The molecule has 0 aliphatic heterocycles. The third kappa shape index (κ3) is 4.29. The van der Waals surface area contributed by atoms with Gasteiger partial charge in [-0.3, -0.25) is 4.90 Å². The lowest BCUT2D eigenvalue weighted by molar-refractivity contribution is 0.0690. The number of likely N-dealkylation sites (N-methyl/N-ethyl adjacent to an activating group) is 1. The highest BCUT2D eigenvalue weighted by Gasteiger charge is 2.26. The molecule has 1 fully saturated rings. The van der Waals surface area contributed by atoms with Gasteiger partial charge in [-0.15, -0.1) is 0 Å².